The van der Waals surface area contributed by atoms with Crippen molar-refractivity contribution in [2.24, 2.45) is 0 Å². The second-order valence-electron chi connectivity index (χ2n) is 5.61. The average Bonchev–Trinajstić information content (AvgIpc) is 2.64. The molecule has 1 unspecified atom stereocenters. The molecule has 0 fully saturated rings. The van der Waals surface area contributed by atoms with Crippen LogP contribution in [-0.4, -0.2) is 41.5 Å². The van der Waals surface area contributed by atoms with Crippen molar-refractivity contribution in [3.63, 3.8) is 0 Å². The first kappa shape index (κ1) is 22.6. The number of esters is 1. The monoisotopic (exact) mass is 401 g/mol. The summed E-state index contributed by atoms with van der Waals surface area (Å²) in [5.41, 5.74) is -2.15. The number of rotatable bonds is 10. The van der Waals surface area contributed by atoms with Gasteiger partial charge in [0.25, 0.3) is 0 Å². The number of benzene rings is 1. The largest absolute Gasteiger partial charge is 0.467 e. The lowest BCUT2D eigenvalue weighted by Crippen LogP contribution is -2.65. The van der Waals surface area contributed by atoms with Gasteiger partial charge in [0, 0.05) is 13.0 Å². The second-order valence-corrected chi connectivity index (χ2v) is 6.09. The third-order valence-electron chi connectivity index (χ3n) is 3.87. The van der Waals surface area contributed by atoms with Gasteiger partial charge in [-0.15, -0.1) is 13.2 Å². The fourth-order valence-electron chi connectivity index (χ4n) is 2.52. The maximum absolute atomic E-state index is 14.4. The maximum atomic E-state index is 14.4. The molecule has 0 heterocycles. The van der Waals surface area contributed by atoms with E-state index in [1.807, 2.05) is 0 Å². The molecule has 0 bridgehead atoms. The van der Waals surface area contributed by atoms with E-state index in [0.29, 0.717) is 10.5 Å². The first-order valence-corrected chi connectivity index (χ1v) is 8.47. The molecule has 27 heavy (non-hydrogen) atoms. The number of nitrogens with zero attached hydrogens (tertiary/aromatic N) is 1. The van der Waals surface area contributed by atoms with Crippen molar-refractivity contribution in [1.29, 1.82) is 0 Å². The molecule has 148 valence electrons. The van der Waals surface area contributed by atoms with Crippen LogP contribution in [0.2, 0.25) is 0 Å². The third kappa shape index (κ3) is 5.29. The SMILES string of the molecule is C=CCCN(C(=O)OCc1ccccc1)C(CC=C)(C(=O)OC)C(F)(F)Cl. The molecule has 1 aromatic carbocycles. The molecular weight excluding hydrogens is 380 g/mol. The van der Waals surface area contributed by atoms with Crippen LogP contribution in [0.3, 0.4) is 0 Å². The van der Waals surface area contributed by atoms with E-state index in [4.69, 9.17) is 16.3 Å². The van der Waals surface area contributed by atoms with Crippen LogP contribution < -0.4 is 0 Å². The van der Waals surface area contributed by atoms with Gasteiger partial charge in [0.2, 0.25) is 5.54 Å². The molecule has 1 aromatic rings. The van der Waals surface area contributed by atoms with Gasteiger partial charge in [-0.05, 0) is 23.6 Å². The lowest BCUT2D eigenvalue weighted by atomic mass is 9.92. The standard InChI is InChI=1S/C19H22ClF2NO4/c1-4-6-13-23(17(25)27-14-15-10-8-7-9-11-15)18(12-5-2,16(24)26-3)19(20,21)22/h4-5,7-11H,1-2,6,12-14H2,3H3. The minimum absolute atomic E-state index is 0.128. The van der Waals surface area contributed by atoms with E-state index in [-0.39, 0.29) is 19.6 Å². The zero-order valence-electron chi connectivity index (χ0n) is 15.0. The van der Waals surface area contributed by atoms with Gasteiger partial charge in [-0.2, -0.15) is 8.78 Å². The van der Waals surface area contributed by atoms with Crippen LogP contribution in [0.25, 0.3) is 0 Å². The van der Waals surface area contributed by atoms with Crippen molar-refractivity contribution in [2.45, 2.75) is 30.4 Å². The minimum atomic E-state index is -4.14. The predicted molar refractivity (Wildman–Crippen MR) is 98.5 cm³/mol. The highest BCUT2D eigenvalue weighted by Gasteiger charge is 2.64. The highest BCUT2D eigenvalue weighted by molar-refractivity contribution is 6.24. The van der Waals surface area contributed by atoms with E-state index in [9.17, 15) is 18.4 Å². The molecule has 1 atom stereocenters. The van der Waals surface area contributed by atoms with Crippen LogP contribution >= 0.6 is 11.6 Å². The van der Waals surface area contributed by atoms with Crippen molar-refractivity contribution in [2.75, 3.05) is 13.7 Å². The Morgan fingerprint density at radius 3 is 2.33 bits per heavy atom. The zero-order chi connectivity index (χ0) is 20.5. The lowest BCUT2D eigenvalue weighted by molar-refractivity contribution is -0.171. The Labute approximate surface area is 162 Å². The summed E-state index contributed by atoms with van der Waals surface area (Å²) in [6, 6.07) is 8.66. The summed E-state index contributed by atoms with van der Waals surface area (Å²) in [6.07, 6.45) is 0.850. The zero-order valence-corrected chi connectivity index (χ0v) is 15.8. The Hall–Kier alpha value is -2.41. The number of alkyl halides is 3. The van der Waals surface area contributed by atoms with Gasteiger partial charge in [-0.25, -0.2) is 9.59 Å². The summed E-state index contributed by atoms with van der Waals surface area (Å²) in [7, 11) is 0.934. The van der Waals surface area contributed by atoms with Crippen LogP contribution in [0.15, 0.2) is 55.6 Å². The number of carbonyl (C=O) groups excluding carboxylic acids is 2. The Morgan fingerprint density at radius 1 is 1.22 bits per heavy atom. The van der Waals surface area contributed by atoms with Gasteiger partial charge >= 0.3 is 17.4 Å². The number of hydrogen-bond acceptors (Lipinski definition) is 4. The molecule has 0 aliphatic heterocycles. The summed E-state index contributed by atoms with van der Waals surface area (Å²) in [4.78, 5) is 25.6. The van der Waals surface area contributed by atoms with Crippen LogP contribution in [0.1, 0.15) is 18.4 Å². The molecule has 0 spiro atoms. The summed E-state index contributed by atoms with van der Waals surface area (Å²) in [6.45, 7) is 6.46. The van der Waals surface area contributed by atoms with Gasteiger partial charge in [-0.1, -0.05) is 42.5 Å². The van der Waals surface area contributed by atoms with Gasteiger partial charge < -0.3 is 9.47 Å². The number of amides is 1. The molecule has 0 aromatic heterocycles. The Kier molecular flexibility index (Phi) is 8.43. The summed E-state index contributed by atoms with van der Waals surface area (Å²) in [5, 5.41) is -4.14. The average molecular weight is 402 g/mol. The van der Waals surface area contributed by atoms with Crippen molar-refractivity contribution in [3.05, 3.63) is 61.2 Å². The highest BCUT2D eigenvalue weighted by atomic mass is 35.5. The van der Waals surface area contributed by atoms with Crippen molar-refractivity contribution in [3.8, 4) is 0 Å². The molecule has 0 saturated carbocycles. The topological polar surface area (TPSA) is 55.8 Å². The fraction of sp³-hybridized carbons (Fsp3) is 0.368. The summed E-state index contributed by atoms with van der Waals surface area (Å²) in [5.74, 6) is -1.37. The molecule has 0 aliphatic carbocycles. The van der Waals surface area contributed by atoms with Gasteiger partial charge in [-0.3, -0.25) is 4.90 Å². The van der Waals surface area contributed by atoms with Crippen LogP contribution in [0.5, 0.6) is 0 Å². The maximum Gasteiger partial charge on any atom is 0.411 e. The summed E-state index contributed by atoms with van der Waals surface area (Å²) < 4.78 is 38.5. The highest BCUT2D eigenvalue weighted by Crippen LogP contribution is 2.42. The van der Waals surface area contributed by atoms with E-state index in [2.05, 4.69) is 17.9 Å². The Balaban J connectivity index is 3.27. The Morgan fingerprint density at radius 2 is 1.85 bits per heavy atom. The van der Waals surface area contributed by atoms with E-state index in [1.54, 1.807) is 30.3 Å². The molecule has 0 saturated heterocycles. The van der Waals surface area contributed by atoms with Crippen molar-refractivity contribution < 1.29 is 27.8 Å². The third-order valence-corrected chi connectivity index (χ3v) is 4.19. The smallest absolute Gasteiger partial charge is 0.411 e. The fourth-order valence-corrected chi connectivity index (χ4v) is 2.78. The minimum Gasteiger partial charge on any atom is -0.467 e. The van der Waals surface area contributed by atoms with Crippen molar-refractivity contribution in [1.82, 2.24) is 4.90 Å². The molecule has 8 heteroatoms. The van der Waals surface area contributed by atoms with E-state index in [1.165, 1.54) is 6.08 Å². The van der Waals surface area contributed by atoms with Crippen LogP contribution in [-0.2, 0) is 20.9 Å². The number of ether oxygens (including phenoxy) is 2. The second kappa shape index (κ2) is 10.1. The lowest BCUT2D eigenvalue weighted by Gasteiger charge is -2.42. The quantitative estimate of drug-likeness (QED) is 0.328. The summed E-state index contributed by atoms with van der Waals surface area (Å²) >= 11 is 5.29. The Bertz CT molecular complexity index is 663. The molecule has 1 amide bonds. The molecule has 0 N–H and O–H groups in total. The van der Waals surface area contributed by atoms with Gasteiger partial charge in [0.15, 0.2) is 0 Å². The van der Waals surface area contributed by atoms with E-state index < -0.39 is 29.4 Å². The number of hydrogen-bond donors (Lipinski definition) is 0. The van der Waals surface area contributed by atoms with Gasteiger partial charge in [0.05, 0.1) is 7.11 Å². The predicted octanol–water partition coefficient (Wildman–Crippen LogP) is 4.52. The number of halogens is 3. The van der Waals surface area contributed by atoms with E-state index in [0.717, 1.165) is 13.2 Å². The van der Waals surface area contributed by atoms with Crippen LogP contribution in [0.4, 0.5) is 13.6 Å². The van der Waals surface area contributed by atoms with Gasteiger partial charge in [0.1, 0.15) is 6.61 Å². The molecular formula is C19H22ClF2NO4. The first-order chi connectivity index (χ1) is 12.7. The normalized spacial score (nSPS) is 13.2. The molecule has 0 radical (unpaired) electrons. The molecule has 1 rings (SSSR count). The number of carbonyl (C=O) groups is 2. The van der Waals surface area contributed by atoms with Crippen molar-refractivity contribution >= 4 is 23.7 Å². The number of methoxy groups -OCH3 is 1. The van der Waals surface area contributed by atoms with E-state index >= 15 is 0 Å². The first-order valence-electron chi connectivity index (χ1n) is 8.09. The molecule has 5 nitrogen and oxygen atoms in total. The molecule has 0 aliphatic rings. The van der Waals surface area contributed by atoms with Crippen LogP contribution in [0, 0.1) is 0 Å².